The number of hydrogen-bond donors (Lipinski definition) is 1. The summed E-state index contributed by atoms with van der Waals surface area (Å²) in [5, 5.41) is 24.7. The molecule has 0 radical (unpaired) electrons. The average molecular weight is 296 g/mol. The third-order valence-corrected chi connectivity index (χ3v) is 4.02. The van der Waals surface area contributed by atoms with E-state index in [9.17, 15) is 20.0 Å². The van der Waals surface area contributed by atoms with Crippen LogP contribution < -0.4 is 0 Å². The SMILES string of the molecule is Cc1nn(CC(=O)N2CCC(O)C(C)C2)c(C)c1[N+](=O)[O-]. The van der Waals surface area contributed by atoms with E-state index >= 15 is 0 Å². The number of amides is 1. The van der Waals surface area contributed by atoms with Crippen LogP contribution in [0, 0.1) is 29.9 Å². The second-order valence-corrected chi connectivity index (χ2v) is 5.61. The predicted molar refractivity (Wildman–Crippen MR) is 74.7 cm³/mol. The van der Waals surface area contributed by atoms with Crippen molar-refractivity contribution in [2.75, 3.05) is 13.1 Å². The van der Waals surface area contributed by atoms with Crippen LogP contribution in [0.3, 0.4) is 0 Å². The molecule has 116 valence electrons. The number of aryl methyl sites for hydroxylation is 1. The summed E-state index contributed by atoms with van der Waals surface area (Å²) in [5.41, 5.74) is 0.661. The van der Waals surface area contributed by atoms with Crippen LogP contribution in [0.25, 0.3) is 0 Å². The number of aliphatic hydroxyl groups excluding tert-OH is 1. The Balaban J connectivity index is 2.10. The Bertz CT molecular complexity index is 569. The van der Waals surface area contributed by atoms with Crippen molar-refractivity contribution < 1.29 is 14.8 Å². The maximum Gasteiger partial charge on any atom is 0.312 e. The number of carbonyl (C=O) groups excluding carboxylic acids is 1. The van der Waals surface area contributed by atoms with Crippen LogP contribution in [0.4, 0.5) is 5.69 Å². The van der Waals surface area contributed by atoms with Gasteiger partial charge in [0.15, 0.2) is 0 Å². The Hall–Kier alpha value is -1.96. The van der Waals surface area contributed by atoms with Gasteiger partial charge in [-0.2, -0.15) is 5.10 Å². The Kier molecular flexibility index (Phi) is 4.26. The smallest absolute Gasteiger partial charge is 0.312 e. The van der Waals surface area contributed by atoms with E-state index in [2.05, 4.69) is 5.10 Å². The maximum absolute atomic E-state index is 12.3. The Morgan fingerprint density at radius 2 is 2.19 bits per heavy atom. The van der Waals surface area contributed by atoms with Crippen molar-refractivity contribution in [3.8, 4) is 0 Å². The molecule has 2 heterocycles. The molecule has 2 rings (SSSR count). The lowest BCUT2D eigenvalue weighted by atomic mass is 9.97. The first-order valence-electron chi connectivity index (χ1n) is 6.95. The number of hydrogen-bond acceptors (Lipinski definition) is 5. The van der Waals surface area contributed by atoms with Gasteiger partial charge in [0.2, 0.25) is 5.91 Å². The number of carbonyl (C=O) groups is 1. The highest BCUT2D eigenvalue weighted by molar-refractivity contribution is 5.76. The second kappa shape index (κ2) is 5.80. The largest absolute Gasteiger partial charge is 0.393 e. The topological polar surface area (TPSA) is 102 Å². The standard InChI is InChI=1S/C13H20N4O4/c1-8-6-15(5-4-11(8)18)12(19)7-16-10(3)13(17(20)21)9(2)14-16/h8,11,18H,4-7H2,1-3H3. The van der Waals surface area contributed by atoms with Gasteiger partial charge in [-0.05, 0) is 26.2 Å². The van der Waals surface area contributed by atoms with E-state index in [-0.39, 0.29) is 30.2 Å². The van der Waals surface area contributed by atoms with E-state index in [1.54, 1.807) is 18.7 Å². The summed E-state index contributed by atoms with van der Waals surface area (Å²) < 4.78 is 1.38. The van der Waals surface area contributed by atoms with Gasteiger partial charge >= 0.3 is 5.69 Å². The summed E-state index contributed by atoms with van der Waals surface area (Å²) in [6, 6.07) is 0. The number of piperidine rings is 1. The first-order valence-corrected chi connectivity index (χ1v) is 6.95. The van der Waals surface area contributed by atoms with Crippen molar-refractivity contribution in [3.05, 3.63) is 21.5 Å². The molecule has 0 bridgehead atoms. The molecule has 21 heavy (non-hydrogen) atoms. The van der Waals surface area contributed by atoms with Crippen molar-refractivity contribution in [2.45, 2.75) is 39.8 Å². The predicted octanol–water partition coefficient (Wildman–Crippen LogP) is 0.637. The summed E-state index contributed by atoms with van der Waals surface area (Å²) >= 11 is 0. The Labute approximate surface area is 122 Å². The van der Waals surface area contributed by atoms with E-state index in [0.29, 0.717) is 30.9 Å². The monoisotopic (exact) mass is 296 g/mol. The van der Waals surface area contributed by atoms with Gasteiger partial charge in [-0.3, -0.25) is 19.6 Å². The van der Waals surface area contributed by atoms with E-state index < -0.39 is 4.92 Å². The lowest BCUT2D eigenvalue weighted by Gasteiger charge is -2.34. The Morgan fingerprint density at radius 3 is 2.71 bits per heavy atom. The Morgan fingerprint density at radius 1 is 1.52 bits per heavy atom. The minimum Gasteiger partial charge on any atom is -0.393 e. The zero-order chi connectivity index (χ0) is 15.7. The fourth-order valence-corrected chi connectivity index (χ4v) is 2.69. The zero-order valence-corrected chi connectivity index (χ0v) is 12.4. The average Bonchev–Trinajstić information content (AvgIpc) is 2.67. The van der Waals surface area contributed by atoms with Crippen LogP contribution in [-0.4, -0.2) is 49.8 Å². The van der Waals surface area contributed by atoms with E-state index in [1.165, 1.54) is 4.68 Å². The van der Waals surface area contributed by atoms with Gasteiger partial charge in [-0.25, -0.2) is 0 Å². The number of likely N-dealkylation sites (tertiary alicyclic amines) is 1. The number of aliphatic hydroxyl groups is 1. The molecule has 1 N–H and O–H groups in total. The molecule has 1 fully saturated rings. The summed E-state index contributed by atoms with van der Waals surface area (Å²) in [6.07, 6.45) is 0.188. The number of aromatic nitrogens is 2. The van der Waals surface area contributed by atoms with Crippen LogP contribution in [0.1, 0.15) is 24.7 Å². The van der Waals surface area contributed by atoms with Gasteiger partial charge in [-0.1, -0.05) is 6.92 Å². The van der Waals surface area contributed by atoms with Gasteiger partial charge < -0.3 is 10.0 Å². The molecule has 1 amide bonds. The molecule has 1 aliphatic rings. The molecular weight excluding hydrogens is 276 g/mol. The molecule has 1 aromatic heterocycles. The molecule has 0 saturated carbocycles. The summed E-state index contributed by atoms with van der Waals surface area (Å²) in [4.78, 5) is 24.4. The molecule has 8 heteroatoms. The summed E-state index contributed by atoms with van der Waals surface area (Å²) in [6.45, 7) is 6.05. The fourth-order valence-electron chi connectivity index (χ4n) is 2.69. The zero-order valence-electron chi connectivity index (χ0n) is 12.4. The molecule has 1 saturated heterocycles. The van der Waals surface area contributed by atoms with Gasteiger partial charge in [0.1, 0.15) is 17.9 Å². The van der Waals surface area contributed by atoms with Crippen molar-refractivity contribution in [3.63, 3.8) is 0 Å². The van der Waals surface area contributed by atoms with Gasteiger partial charge in [0.05, 0.1) is 11.0 Å². The molecule has 2 atom stereocenters. The highest BCUT2D eigenvalue weighted by Gasteiger charge is 2.29. The van der Waals surface area contributed by atoms with Crippen molar-refractivity contribution >= 4 is 11.6 Å². The van der Waals surface area contributed by atoms with Crippen molar-refractivity contribution in [1.82, 2.24) is 14.7 Å². The number of nitrogens with zero attached hydrogens (tertiary/aromatic N) is 4. The minimum atomic E-state index is -0.474. The molecular formula is C13H20N4O4. The molecule has 0 aliphatic carbocycles. The third kappa shape index (κ3) is 3.05. The van der Waals surface area contributed by atoms with E-state index in [4.69, 9.17) is 0 Å². The molecule has 0 spiro atoms. The number of nitro groups is 1. The van der Waals surface area contributed by atoms with Gasteiger partial charge in [0, 0.05) is 13.1 Å². The fraction of sp³-hybridized carbons (Fsp3) is 0.692. The van der Waals surface area contributed by atoms with Gasteiger partial charge in [-0.15, -0.1) is 0 Å². The highest BCUT2D eigenvalue weighted by atomic mass is 16.6. The quantitative estimate of drug-likeness (QED) is 0.651. The third-order valence-electron chi connectivity index (χ3n) is 4.02. The van der Waals surface area contributed by atoms with E-state index in [0.717, 1.165) is 0 Å². The van der Waals surface area contributed by atoms with Crippen LogP contribution in [0.2, 0.25) is 0 Å². The first kappa shape index (κ1) is 15.4. The normalized spacial score (nSPS) is 22.4. The van der Waals surface area contributed by atoms with E-state index in [1.807, 2.05) is 6.92 Å². The van der Waals surface area contributed by atoms with Crippen molar-refractivity contribution in [2.24, 2.45) is 5.92 Å². The van der Waals surface area contributed by atoms with Crippen LogP contribution in [-0.2, 0) is 11.3 Å². The minimum absolute atomic E-state index is 0.0106. The maximum atomic E-state index is 12.3. The van der Waals surface area contributed by atoms with Gasteiger partial charge in [0.25, 0.3) is 0 Å². The highest BCUT2D eigenvalue weighted by Crippen LogP contribution is 2.22. The lowest BCUT2D eigenvalue weighted by Crippen LogP contribution is -2.46. The summed E-state index contributed by atoms with van der Waals surface area (Å²) in [7, 11) is 0. The van der Waals surface area contributed by atoms with Crippen LogP contribution >= 0.6 is 0 Å². The molecule has 0 aromatic carbocycles. The van der Waals surface area contributed by atoms with Crippen LogP contribution in [0.5, 0.6) is 0 Å². The van der Waals surface area contributed by atoms with Crippen molar-refractivity contribution in [1.29, 1.82) is 0 Å². The molecule has 1 aromatic rings. The molecule has 1 aliphatic heterocycles. The molecule has 2 unspecified atom stereocenters. The lowest BCUT2D eigenvalue weighted by molar-refractivity contribution is -0.386. The second-order valence-electron chi connectivity index (χ2n) is 5.61. The molecule has 8 nitrogen and oxygen atoms in total. The first-order chi connectivity index (χ1) is 9.81. The number of rotatable bonds is 3. The summed E-state index contributed by atoms with van der Waals surface area (Å²) in [5.74, 6) is -0.0910. The van der Waals surface area contributed by atoms with Crippen LogP contribution in [0.15, 0.2) is 0 Å².